The van der Waals surface area contributed by atoms with Gasteiger partial charge in [-0.15, -0.1) is 0 Å². The second-order valence-corrected chi connectivity index (χ2v) is 3.38. The highest BCUT2D eigenvalue weighted by Gasteiger charge is 1.95. The summed E-state index contributed by atoms with van der Waals surface area (Å²) in [5.74, 6) is 0. The van der Waals surface area contributed by atoms with Crippen LogP contribution >= 0.6 is 0 Å². The van der Waals surface area contributed by atoms with Gasteiger partial charge in [0, 0.05) is 17.3 Å². The van der Waals surface area contributed by atoms with E-state index in [9.17, 15) is 0 Å². The molecule has 1 aromatic heterocycles. The maximum atomic E-state index is 4.36. The van der Waals surface area contributed by atoms with Crippen molar-refractivity contribution in [3.8, 4) is 0 Å². The van der Waals surface area contributed by atoms with E-state index in [1.165, 1.54) is 16.3 Å². The van der Waals surface area contributed by atoms with Crippen LogP contribution in [0.15, 0.2) is 30.5 Å². The molecule has 0 N–H and O–H groups in total. The Bertz CT molecular complexity index is 432. The fourth-order valence-electron chi connectivity index (χ4n) is 1.50. The summed E-state index contributed by atoms with van der Waals surface area (Å²) in [5.41, 5.74) is 2.47. The second kappa shape index (κ2) is 3.17. The van der Waals surface area contributed by atoms with Crippen LogP contribution in [0.2, 0.25) is 0 Å². The van der Waals surface area contributed by atoms with Crippen LogP contribution in [-0.2, 0) is 6.42 Å². The number of aryl methyl sites for hydroxylation is 2. The molecule has 0 bridgehead atoms. The molecule has 66 valence electrons. The average molecular weight is 171 g/mol. The van der Waals surface area contributed by atoms with E-state index in [-0.39, 0.29) is 0 Å². The molecule has 0 fully saturated rings. The first-order chi connectivity index (χ1) is 6.29. The molecule has 0 aliphatic carbocycles. The molecular weight excluding hydrogens is 158 g/mol. The van der Waals surface area contributed by atoms with Gasteiger partial charge in [-0.05, 0) is 24.8 Å². The third-order valence-electron chi connectivity index (χ3n) is 2.30. The lowest BCUT2D eigenvalue weighted by molar-refractivity contribution is 1.05. The van der Waals surface area contributed by atoms with Crippen LogP contribution in [0.1, 0.15) is 18.2 Å². The Balaban J connectivity index is 2.68. The minimum Gasteiger partial charge on any atom is -0.261 e. The molecular formula is C12H13N. The lowest BCUT2D eigenvalue weighted by Crippen LogP contribution is -1.86. The number of fused-ring (bicyclic) bond motifs is 1. The van der Waals surface area contributed by atoms with Crippen molar-refractivity contribution in [1.82, 2.24) is 4.98 Å². The molecule has 0 amide bonds. The normalized spacial score (nSPS) is 10.6. The molecule has 0 spiro atoms. The highest BCUT2D eigenvalue weighted by Crippen LogP contribution is 2.15. The van der Waals surface area contributed by atoms with Gasteiger partial charge in [-0.3, -0.25) is 4.98 Å². The van der Waals surface area contributed by atoms with Crippen LogP contribution in [0.25, 0.3) is 10.8 Å². The van der Waals surface area contributed by atoms with Gasteiger partial charge in [-0.25, -0.2) is 0 Å². The van der Waals surface area contributed by atoms with Crippen LogP contribution in [-0.4, -0.2) is 4.98 Å². The van der Waals surface area contributed by atoms with E-state index in [1.807, 2.05) is 6.20 Å². The molecule has 0 radical (unpaired) electrons. The van der Waals surface area contributed by atoms with Crippen molar-refractivity contribution in [3.05, 3.63) is 41.7 Å². The summed E-state index contributed by atoms with van der Waals surface area (Å²) >= 11 is 0. The molecule has 2 aromatic rings. The molecule has 13 heavy (non-hydrogen) atoms. The lowest BCUT2D eigenvalue weighted by atomic mass is 10.1. The number of benzene rings is 1. The quantitative estimate of drug-likeness (QED) is 0.642. The van der Waals surface area contributed by atoms with E-state index in [1.54, 1.807) is 0 Å². The SMILES string of the molecule is CCc1cc2cc(C)ccc2cn1. The first-order valence-corrected chi connectivity index (χ1v) is 4.65. The molecule has 0 aliphatic rings. The lowest BCUT2D eigenvalue weighted by Gasteiger charge is -2.01. The van der Waals surface area contributed by atoms with Gasteiger partial charge >= 0.3 is 0 Å². The largest absolute Gasteiger partial charge is 0.261 e. The predicted molar refractivity (Wildman–Crippen MR) is 55.9 cm³/mol. The van der Waals surface area contributed by atoms with E-state index < -0.39 is 0 Å². The Kier molecular flexibility index (Phi) is 2.01. The van der Waals surface area contributed by atoms with Gasteiger partial charge in [0.25, 0.3) is 0 Å². The zero-order chi connectivity index (χ0) is 9.26. The van der Waals surface area contributed by atoms with E-state index in [2.05, 4.69) is 43.1 Å². The molecule has 2 rings (SSSR count). The molecule has 1 heterocycles. The molecule has 1 heteroatoms. The van der Waals surface area contributed by atoms with E-state index in [0.717, 1.165) is 12.1 Å². The fourth-order valence-corrected chi connectivity index (χ4v) is 1.50. The van der Waals surface area contributed by atoms with Crippen molar-refractivity contribution in [3.63, 3.8) is 0 Å². The molecule has 1 aromatic carbocycles. The van der Waals surface area contributed by atoms with Gasteiger partial charge in [0.05, 0.1) is 0 Å². The first-order valence-electron chi connectivity index (χ1n) is 4.65. The summed E-state index contributed by atoms with van der Waals surface area (Å²) in [7, 11) is 0. The standard InChI is InChI=1S/C12H13N/c1-3-12-7-11-6-9(2)4-5-10(11)8-13-12/h4-8H,3H2,1-2H3. The van der Waals surface area contributed by atoms with E-state index in [0.29, 0.717) is 0 Å². The summed E-state index contributed by atoms with van der Waals surface area (Å²) in [4.78, 5) is 4.36. The predicted octanol–water partition coefficient (Wildman–Crippen LogP) is 3.11. The van der Waals surface area contributed by atoms with Gasteiger partial charge in [0.1, 0.15) is 0 Å². The number of pyridine rings is 1. The smallest absolute Gasteiger partial charge is 0.0407 e. The number of hydrogen-bond acceptors (Lipinski definition) is 1. The molecule has 1 nitrogen and oxygen atoms in total. The zero-order valence-electron chi connectivity index (χ0n) is 8.04. The molecule has 0 atom stereocenters. The Morgan fingerprint density at radius 2 is 2.00 bits per heavy atom. The van der Waals surface area contributed by atoms with Gasteiger partial charge in [0.15, 0.2) is 0 Å². The minimum atomic E-state index is 1.00. The van der Waals surface area contributed by atoms with Crippen LogP contribution in [0, 0.1) is 6.92 Å². The van der Waals surface area contributed by atoms with Crippen molar-refractivity contribution in [1.29, 1.82) is 0 Å². The summed E-state index contributed by atoms with van der Waals surface area (Å²) < 4.78 is 0. The Hall–Kier alpha value is -1.37. The van der Waals surface area contributed by atoms with Crippen molar-refractivity contribution in [2.45, 2.75) is 20.3 Å². The van der Waals surface area contributed by atoms with Crippen LogP contribution in [0.4, 0.5) is 0 Å². The summed E-state index contributed by atoms with van der Waals surface area (Å²) in [5, 5.41) is 2.52. The molecule has 0 aliphatic heterocycles. The number of nitrogens with zero attached hydrogens (tertiary/aromatic N) is 1. The van der Waals surface area contributed by atoms with E-state index in [4.69, 9.17) is 0 Å². The average Bonchev–Trinajstić information content (AvgIpc) is 2.16. The van der Waals surface area contributed by atoms with E-state index >= 15 is 0 Å². The zero-order valence-corrected chi connectivity index (χ0v) is 8.04. The van der Waals surface area contributed by atoms with Gasteiger partial charge in [-0.2, -0.15) is 0 Å². The molecule has 0 unspecified atom stereocenters. The van der Waals surface area contributed by atoms with Gasteiger partial charge in [0.2, 0.25) is 0 Å². The van der Waals surface area contributed by atoms with Crippen molar-refractivity contribution in [2.24, 2.45) is 0 Å². The number of hydrogen-bond donors (Lipinski definition) is 0. The summed E-state index contributed by atoms with van der Waals surface area (Å²) in [6.07, 6.45) is 2.96. The Morgan fingerprint density at radius 3 is 2.77 bits per heavy atom. The third-order valence-corrected chi connectivity index (χ3v) is 2.30. The van der Waals surface area contributed by atoms with Gasteiger partial charge < -0.3 is 0 Å². The number of aromatic nitrogens is 1. The summed E-state index contributed by atoms with van der Waals surface area (Å²) in [6.45, 7) is 4.25. The Labute approximate surface area is 78.4 Å². The monoisotopic (exact) mass is 171 g/mol. The maximum Gasteiger partial charge on any atom is 0.0407 e. The van der Waals surface area contributed by atoms with Crippen molar-refractivity contribution >= 4 is 10.8 Å². The summed E-state index contributed by atoms with van der Waals surface area (Å²) in [6, 6.07) is 8.62. The van der Waals surface area contributed by atoms with Crippen LogP contribution in [0.5, 0.6) is 0 Å². The topological polar surface area (TPSA) is 12.9 Å². The van der Waals surface area contributed by atoms with Crippen LogP contribution in [0.3, 0.4) is 0 Å². The number of rotatable bonds is 1. The van der Waals surface area contributed by atoms with Crippen LogP contribution < -0.4 is 0 Å². The minimum absolute atomic E-state index is 1.00. The first kappa shape index (κ1) is 8.24. The highest BCUT2D eigenvalue weighted by atomic mass is 14.7. The van der Waals surface area contributed by atoms with Crippen molar-refractivity contribution < 1.29 is 0 Å². The van der Waals surface area contributed by atoms with Gasteiger partial charge in [-0.1, -0.05) is 30.7 Å². The fraction of sp³-hybridized carbons (Fsp3) is 0.250. The second-order valence-electron chi connectivity index (χ2n) is 3.38. The highest BCUT2D eigenvalue weighted by molar-refractivity contribution is 5.82. The molecule has 0 saturated carbocycles. The third kappa shape index (κ3) is 1.55. The molecule has 0 saturated heterocycles. The Morgan fingerprint density at radius 1 is 1.15 bits per heavy atom. The maximum absolute atomic E-state index is 4.36. The van der Waals surface area contributed by atoms with Crippen molar-refractivity contribution in [2.75, 3.05) is 0 Å².